The maximum Gasteiger partial charge on any atom is 0.328 e. The minimum absolute atomic E-state index is 0.377. The van der Waals surface area contributed by atoms with Gasteiger partial charge in [-0.1, -0.05) is 6.07 Å². The van der Waals surface area contributed by atoms with Crippen molar-refractivity contribution >= 4 is 11.9 Å². The number of amides is 1. The normalized spacial score (nSPS) is 13.1. The maximum absolute atomic E-state index is 11.7. The molecule has 0 aliphatic heterocycles. The Kier molecular flexibility index (Phi) is 5.98. The molecule has 3 N–H and O–H groups in total. The van der Waals surface area contributed by atoms with Crippen LogP contribution in [0.25, 0.3) is 0 Å². The van der Waals surface area contributed by atoms with E-state index >= 15 is 0 Å². The Labute approximate surface area is 122 Å². The number of hydrogen-bond acceptors (Lipinski definition) is 5. The van der Waals surface area contributed by atoms with Crippen molar-refractivity contribution in [1.82, 2.24) is 5.32 Å². The number of aryl methyl sites for hydroxylation is 1. The number of hydrogen-bond donors (Lipinski definition) is 3. The van der Waals surface area contributed by atoms with Crippen LogP contribution in [0.4, 0.5) is 0 Å². The first-order valence-electron chi connectivity index (χ1n) is 6.32. The highest BCUT2D eigenvalue weighted by atomic mass is 16.5. The van der Waals surface area contributed by atoms with E-state index in [9.17, 15) is 14.7 Å². The minimum atomic E-state index is -1.37. The van der Waals surface area contributed by atoms with Crippen molar-refractivity contribution in [2.24, 2.45) is 0 Å². The third-order valence-electron chi connectivity index (χ3n) is 2.74. The van der Waals surface area contributed by atoms with Gasteiger partial charge in [-0.15, -0.1) is 0 Å². The summed E-state index contributed by atoms with van der Waals surface area (Å²) in [5, 5.41) is 20.3. The Hall–Kier alpha value is -2.28. The average Bonchev–Trinajstić information content (AvgIpc) is 2.42. The standard InChI is InChI=1S/C14H19NO6/c1-8-4-5-10(11(6-8)20-3)21-7-12(17)15-13(9(2)16)14(18)19/h4-6,9,13,16H,7H2,1-3H3,(H,15,17)(H,18,19). The van der Waals surface area contributed by atoms with E-state index in [4.69, 9.17) is 14.6 Å². The summed E-state index contributed by atoms with van der Waals surface area (Å²) in [6.45, 7) is 2.79. The number of carbonyl (C=O) groups is 2. The zero-order chi connectivity index (χ0) is 16.0. The summed E-state index contributed by atoms with van der Waals surface area (Å²) in [5.41, 5.74) is 0.976. The number of carbonyl (C=O) groups excluding carboxylic acids is 1. The van der Waals surface area contributed by atoms with Crippen molar-refractivity contribution in [2.75, 3.05) is 13.7 Å². The number of ether oxygens (including phenoxy) is 2. The molecule has 1 aromatic carbocycles. The van der Waals surface area contributed by atoms with Gasteiger partial charge >= 0.3 is 5.97 Å². The molecule has 0 bridgehead atoms. The first kappa shape index (κ1) is 16.8. The van der Waals surface area contributed by atoms with Crippen LogP contribution in [0.3, 0.4) is 0 Å². The van der Waals surface area contributed by atoms with Crippen molar-refractivity contribution in [3.05, 3.63) is 23.8 Å². The summed E-state index contributed by atoms with van der Waals surface area (Å²) in [6.07, 6.45) is -1.21. The fraction of sp³-hybridized carbons (Fsp3) is 0.429. The number of benzene rings is 1. The molecule has 1 aromatic rings. The smallest absolute Gasteiger partial charge is 0.328 e. The number of rotatable bonds is 7. The molecule has 7 nitrogen and oxygen atoms in total. The van der Waals surface area contributed by atoms with Crippen molar-refractivity contribution in [1.29, 1.82) is 0 Å². The molecule has 21 heavy (non-hydrogen) atoms. The van der Waals surface area contributed by atoms with E-state index in [-0.39, 0.29) is 6.61 Å². The topological polar surface area (TPSA) is 105 Å². The minimum Gasteiger partial charge on any atom is -0.493 e. The molecule has 0 radical (unpaired) electrons. The zero-order valence-corrected chi connectivity index (χ0v) is 12.1. The first-order chi connectivity index (χ1) is 9.85. The Morgan fingerprint density at radius 2 is 2.00 bits per heavy atom. The Morgan fingerprint density at radius 3 is 2.52 bits per heavy atom. The molecule has 2 unspecified atom stereocenters. The number of carboxylic acids is 1. The molecule has 0 heterocycles. The third-order valence-corrected chi connectivity index (χ3v) is 2.74. The lowest BCUT2D eigenvalue weighted by atomic mass is 10.2. The summed E-state index contributed by atoms with van der Waals surface area (Å²) in [4.78, 5) is 22.5. The van der Waals surface area contributed by atoms with Crippen molar-refractivity contribution in [2.45, 2.75) is 26.0 Å². The molecule has 7 heteroatoms. The zero-order valence-electron chi connectivity index (χ0n) is 12.1. The molecule has 116 valence electrons. The number of aliphatic carboxylic acids is 1. The van der Waals surface area contributed by atoms with Gasteiger partial charge in [-0.25, -0.2) is 4.79 Å². The number of aliphatic hydroxyl groups excluding tert-OH is 1. The van der Waals surface area contributed by atoms with Crippen LogP contribution in [0, 0.1) is 6.92 Å². The van der Waals surface area contributed by atoms with Gasteiger partial charge in [-0.2, -0.15) is 0 Å². The summed E-state index contributed by atoms with van der Waals surface area (Å²) in [6, 6.07) is 3.83. The van der Waals surface area contributed by atoms with Gasteiger partial charge in [0, 0.05) is 0 Å². The van der Waals surface area contributed by atoms with Crippen LogP contribution in [0.2, 0.25) is 0 Å². The van der Waals surface area contributed by atoms with E-state index in [1.807, 2.05) is 6.92 Å². The quantitative estimate of drug-likeness (QED) is 0.670. The van der Waals surface area contributed by atoms with E-state index in [0.717, 1.165) is 5.56 Å². The number of carboxylic acid groups (broad SMARTS) is 1. The van der Waals surface area contributed by atoms with Crippen LogP contribution >= 0.6 is 0 Å². The van der Waals surface area contributed by atoms with Gasteiger partial charge in [0.1, 0.15) is 0 Å². The second-order valence-electron chi connectivity index (χ2n) is 4.57. The highest BCUT2D eigenvalue weighted by Gasteiger charge is 2.25. The molecule has 0 aliphatic carbocycles. The van der Waals surface area contributed by atoms with E-state index in [1.165, 1.54) is 14.0 Å². The lowest BCUT2D eigenvalue weighted by Gasteiger charge is -2.17. The van der Waals surface area contributed by atoms with Gasteiger partial charge in [0.25, 0.3) is 5.91 Å². The Balaban J connectivity index is 2.63. The largest absolute Gasteiger partial charge is 0.493 e. The summed E-state index contributed by atoms with van der Waals surface area (Å²) < 4.78 is 10.4. The Morgan fingerprint density at radius 1 is 1.33 bits per heavy atom. The van der Waals surface area contributed by atoms with E-state index in [1.54, 1.807) is 18.2 Å². The number of nitrogens with one attached hydrogen (secondary N) is 1. The summed E-state index contributed by atoms with van der Waals surface area (Å²) in [7, 11) is 1.48. The van der Waals surface area contributed by atoms with Gasteiger partial charge < -0.3 is 25.0 Å². The van der Waals surface area contributed by atoms with E-state index in [2.05, 4.69) is 5.32 Å². The molecule has 0 fully saturated rings. The van der Waals surface area contributed by atoms with E-state index in [0.29, 0.717) is 11.5 Å². The first-order valence-corrected chi connectivity index (χ1v) is 6.32. The molecule has 1 amide bonds. The third kappa shape index (κ3) is 4.96. The molecular formula is C14H19NO6. The van der Waals surface area contributed by atoms with Crippen LogP contribution in [0.5, 0.6) is 11.5 Å². The van der Waals surface area contributed by atoms with Crippen LogP contribution < -0.4 is 14.8 Å². The SMILES string of the molecule is COc1cc(C)ccc1OCC(=O)NC(C(=O)O)C(C)O. The molecule has 0 spiro atoms. The summed E-state index contributed by atoms with van der Waals surface area (Å²) in [5.74, 6) is -1.10. The average molecular weight is 297 g/mol. The number of aliphatic hydroxyl groups is 1. The van der Waals surface area contributed by atoms with Gasteiger partial charge in [-0.05, 0) is 31.5 Å². The molecular weight excluding hydrogens is 278 g/mol. The molecule has 1 rings (SSSR count). The van der Waals surface area contributed by atoms with Crippen molar-refractivity contribution in [3.8, 4) is 11.5 Å². The fourth-order valence-electron chi connectivity index (χ4n) is 1.64. The van der Waals surface area contributed by atoms with Crippen molar-refractivity contribution in [3.63, 3.8) is 0 Å². The van der Waals surface area contributed by atoms with E-state index < -0.39 is 24.0 Å². The maximum atomic E-state index is 11.7. The van der Waals surface area contributed by atoms with Crippen LogP contribution in [0.1, 0.15) is 12.5 Å². The predicted molar refractivity (Wildman–Crippen MR) is 74.5 cm³/mol. The fourth-order valence-corrected chi connectivity index (χ4v) is 1.64. The molecule has 0 aromatic heterocycles. The molecule has 0 aliphatic rings. The molecule has 0 saturated carbocycles. The molecule has 2 atom stereocenters. The second-order valence-corrected chi connectivity index (χ2v) is 4.57. The predicted octanol–water partition coefficient (Wildman–Crippen LogP) is 0.333. The Bertz CT molecular complexity index is 514. The van der Waals surface area contributed by atoms with Gasteiger partial charge in [-0.3, -0.25) is 4.79 Å². The second kappa shape index (κ2) is 7.49. The van der Waals surface area contributed by atoms with Crippen LogP contribution in [-0.4, -0.2) is 48.0 Å². The van der Waals surface area contributed by atoms with Crippen LogP contribution in [0.15, 0.2) is 18.2 Å². The lowest BCUT2D eigenvalue weighted by molar-refractivity contribution is -0.145. The number of methoxy groups -OCH3 is 1. The highest BCUT2D eigenvalue weighted by molar-refractivity contribution is 5.84. The molecule has 0 saturated heterocycles. The highest BCUT2D eigenvalue weighted by Crippen LogP contribution is 2.27. The van der Waals surface area contributed by atoms with Gasteiger partial charge in [0.05, 0.1) is 13.2 Å². The monoisotopic (exact) mass is 297 g/mol. The van der Waals surface area contributed by atoms with Crippen molar-refractivity contribution < 1.29 is 29.3 Å². The van der Waals surface area contributed by atoms with Crippen LogP contribution in [-0.2, 0) is 9.59 Å². The van der Waals surface area contributed by atoms with Gasteiger partial charge in [0.15, 0.2) is 24.1 Å². The lowest BCUT2D eigenvalue weighted by Crippen LogP contribution is -2.49. The van der Waals surface area contributed by atoms with Gasteiger partial charge in [0.2, 0.25) is 0 Å². The summed E-state index contributed by atoms with van der Waals surface area (Å²) >= 11 is 0.